The average molecular weight is 461 g/mol. The van der Waals surface area contributed by atoms with E-state index in [1.54, 1.807) is 0 Å². The first kappa shape index (κ1) is 31.5. The fraction of sp³-hybridized carbons (Fsp3) is 0.667. The summed E-state index contributed by atoms with van der Waals surface area (Å²) < 4.78 is 46.2. The van der Waals surface area contributed by atoms with Crippen LogP contribution in [0.1, 0.15) is 0 Å². The number of aliphatic carboxylic acids is 1. The number of carboxylic acid groups (broad SMARTS) is 1. The molecule has 0 fully saturated rings. The van der Waals surface area contributed by atoms with E-state index in [0.717, 1.165) is 0 Å². The van der Waals surface area contributed by atoms with Crippen LogP contribution >= 0.6 is 0 Å². The molecular weight excluding hydrogens is 444 g/mol. The number of hydrogen-bond donors (Lipinski definition) is 5. The van der Waals surface area contributed by atoms with E-state index in [-0.39, 0.29) is 65.4 Å². The van der Waals surface area contributed by atoms with Gasteiger partial charge in [0, 0.05) is 0 Å². The molecule has 0 bridgehead atoms. The monoisotopic (exact) mass is 461 g/mol. The van der Waals surface area contributed by atoms with E-state index in [1.165, 1.54) is 0 Å². The van der Waals surface area contributed by atoms with Crippen LogP contribution in [0.15, 0.2) is 11.8 Å². The van der Waals surface area contributed by atoms with Gasteiger partial charge in [-0.15, -0.1) is 0 Å². The van der Waals surface area contributed by atoms with Gasteiger partial charge in [0.15, 0.2) is 6.10 Å². The molecule has 1 aliphatic heterocycles. The van der Waals surface area contributed by atoms with Gasteiger partial charge in [-0.3, -0.25) is 4.18 Å². The van der Waals surface area contributed by atoms with Crippen LogP contribution in [0.5, 0.6) is 0 Å². The molecule has 0 aliphatic carbocycles. The second-order valence-corrected chi connectivity index (χ2v) is 6.33. The fourth-order valence-electron chi connectivity index (χ4n) is 2.06. The topological polar surface area (TPSA) is 249 Å². The summed E-state index contributed by atoms with van der Waals surface area (Å²) in [6, 6.07) is -1.65. The summed E-state index contributed by atoms with van der Waals surface area (Å²) in [4.78, 5) is 21.6. The summed E-state index contributed by atoms with van der Waals surface area (Å²) >= 11 is 0. The van der Waals surface area contributed by atoms with E-state index < -0.39 is 71.6 Å². The average Bonchev–Trinajstić information content (AvgIpc) is 2.58. The van der Waals surface area contributed by atoms with Crippen LogP contribution in [0.4, 0.5) is 0 Å². The zero-order valence-corrected chi connectivity index (χ0v) is 20.2. The predicted molar refractivity (Wildman–Crippen MR) is 76.6 cm³/mol. The van der Waals surface area contributed by atoms with Gasteiger partial charge in [-0.25, -0.2) is 8.42 Å². The molecule has 1 rings (SSSR count). The van der Waals surface area contributed by atoms with Gasteiger partial charge in [0.2, 0.25) is 16.7 Å². The molecule has 0 saturated heterocycles. The fourth-order valence-corrected chi connectivity index (χ4v) is 2.54. The first-order valence-electron chi connectivity index (χ1n) is 7.16. The van der Waals surface area contributed by atoms with E-state index in [2.05, 4.69) is 4.18 Å². The van der Waals surface area contributed by atoms with E-state index >= 15 is 0 Å². The number of rotatable bonds is 10. The van der Waals surface area contributed by atoms with Gasteiger partial charge in [-0.2, -0.15) is 0 Å². The van der Waals surface area contributed by atoms with E-state index in [9.17, 15) is 43.0 Å². The third kappa shape index (κ3) is 9.55. The molecule has 1 aliphatic rings. The van der Waals surface area contributed by atoms with Gasteiger partial charge in [0.1, 0.15) is 42.4 Å². The van der Waals surface area contributed by atoms with E-state index in [4.69, 9.17) is 20.3 Å². The van der Waals surface area contributed by atoms with Crippen molar-refractivity contribution in [2.24, 2.45) is 5.73 Å². The van der Waals surface area contributed by atoms with Gasteiger partial charge in [-0.05, 0) is 6.08 Å². The minimum absolute atomic E-state index is 0. The maximum atomic E-state index is 10.9. The van der Waals surface area contributed by atoms with Crippen molar-refractivity contribution in [2.45, 2.75) is 42.9 Å². The van der Waals surface area contributed by atoms with Gasteiger partial charge in [0.05, 0.1) is 12.6 Å². The SMILES string of the molecule is N[C@@H](C=O)[C@@H](O)[C@H](O[C@@H]1OC(C(=O)[O-])=C[C@H](O)[C@H]1OS(=O)(=O)[O-])[C@H](O)CO.[Na+].[Na+]. The second-order valence-electron chi connectivity index (χ2n) is 5.32. The van der Waals surface area contributed by atoms with Crippen molar-refractivity contribution in [1.82, 2.24) is 0 Å². The van der Waals surface area contributed by atoms with Gasteiger partial charge < -0.3 is 54.9 Å². The Morgan fingerprint density at radius 3 is 2.34 bits per heavy atom. The Bertz CT molecular complexity index is 675. The van der Waals surface area contributed by atoms with Crippen LogP contribution in [-0.2, 0) is 33.6 Å². The third-order valence-electron chi connectivity index (χ3n) is 3.35. The van der Waals surface area contributed by atoms with Crippen molar-refractivity contribution in [1.29, 1.82) is 0 Å². The van der Waals surface area contributed by atoms with Crippen molar-refractivity contribution < 1.29 is 121 Å². The van der Waals surface area contributed by atoms with Crippen LogP contribution in [0.3, 0.4) is 0 Å². The van der Waals surface area contributed by atoms with Crippen LogP contribution < -0.4 is 70.0 Å². The summed E-state index contributed by atoms with van der Waals surface area (Å²) in [6.45, 7) is -1.04. The Kier molecular flexibility index (Phi) is 14.8. The van der Waals surface area contributed by atoms with Crippen molar-refractivity contribution in [3.8, 4) is 0 Å². The molecule has 0 aromatic heterocycles. The summed E-state index contributed by atoms with van der Waals surface area (Å²) in [7, 11) is -5.45. The van der Waals surface area contributed by atoms with Crippen molar-refractivity contribution in [3.63, 3.8) is 0 Å². The summed E-state index contributed by atoms with van der Waals surface area (Å²) in [5.41, 5.74) is 5.28. The van der Waals surface area contributed by atoms with Gasteiger partial charge in [-0.1, -0.05) is 0 Å². The standard InChI is InChI=1S/C12H19NO13S.2Na/c13-4(2-14)8(18)9(6(17)3-15)25-12-10(26-27(21,22)23)5(16)1-7(24-12)11(19)20;;/h1-2,4-6,8-10,12,15-18H,3,13H2,(H,19,20)(H,21,22,23);;/q;2*+1/p-2/t4-,5-,6+,8+,9+,10+,12-;;/m0../s1. The summed E-state index contributed by atoms with van der Waals surface area (Å²) in [5.74, 6) is -3.00. The maximum absolute atomic E-state index is 10.9. The zero-order chi connectivity index (χ0) is 20.9. The van der Waals surface area contributed by atoms with Gasteiger partial charge >= 0.3 is 59.1 Å². The molecule has 1 heterocycles. The number of nitrogens with two attached hydrogens (primary N) is 1. The van der Waals surface area contributed by atoms with Crippen molar-refractivity contribution in [3.05, 3.63) is 11.8 Å². The molecule has 0 aromatic rings. The Labute approximate surface area is 209 Å². The second kappa shape index (κ2) is 13.7. The molecule has 0 aromatic carbocycles. The number of aliphatic hydroxyl groups is 4. The molecule has 0 amide bonds. The predicted octanol–water partition coefficient (Wildman–Crippen LogP) is -12.2. The minimum atomic E-state index is -5.45. The van der Waals surface area contributed by atoms with E-state index in [1.807, 2.05) is 0 Å². The van der Waals surface area contributed by atoms with Crippen LogP contribution in [0, 0.1) is 0 Å². The first-order chi connectivity index (χ1) is 12.4. The molecule has 0 spiro atoms. The largest absolute Gasteiger partial charge is 1.00 e. The summed E-state index contributed by atoms with van der Waals surface area (Å²) in [5, 5.41) is 49.4. The van der Waals surface area contributed by atoms with Crippen LogP contribution in [0.25, 0.3) is 0 Å². The maximum Gasteiger partial charge on any atom is 1.00 e. The zero-order valence-electron chi connectivity index (χ0n) is 15.4. The van der Waals surface area contributed by atoms with Crippen LogP contribution in [-0.4, -0.2) is 95.1 Å². The quantitative estimate of drug-likeness (QED) is 0.0877. The Balaban J connectivity index is 0. The number of carbonyl (C=O) groups excluding carboxylic acids is 2. The number of ether oxygens (including phenoxy) is 2. The number of hydrogen-bond acceptors (Lipinski definition) is 14. The van der Waals surface area contributed by atoms with Gasteiger partial charge in [0.25, 0.3) is 0 Å². The molecule has 6 N–H and O–H groups in total. The molecular formula is C12H17NNa2O13S. The summed E-state index contributed by atoms with van der Waals surface area (Å²) in [6.07, 6.45) is -11.8. The number of carboxylic acids is 1. The minimum Gasteiger partial charge on any atom is -0.726 e. The smallest absolute Gasteiger partial charge is 0.726 e. The molecule has 0 radical (unpaired) electrons. The normalized spacial score (nSPS) is 25.7. The molecule has 0 unspecified atom stereocenters. The Hall–Kier alpha value is 0.310. The molecule has 29 heavy (non-hydrogen) atoms. The first-order valence-corrected chi connectivity index (χ1v) is 8.50. The number of aldehydes is 1. The molecule has 0 saturated carbocycles. The van der Waals surface area contributed by atoms with Crippen molar-refractivity contribution >= 4 is 22.7 Å². The molecule has 14 nitrogen and oxygen atoms in total. The van der Waals surface area contributed by atoms with Crippen molar-refractivity contribution in [2.75, 3.05) is 6.61 Å². The van der Waals surface area contributed by atoms with Crippen LogP contribution in [0.2, 0.25) is 0 Å². The third-order valence-corrected chi connectivity index (χ3v) is 3.80. The molecule has 17 heteroatoms. The molecule has 156 valence electrons. The van der Waals surface area contributed by atoms with E-state index in [0.29, 0.717) is 6.08 Å². The number of aliphatic hydroxyl groups excluding tert-OH is 4. The number of carbonyl (C=O) groups is 2. The molecule has 7 atom stereocenters. The Morgan fingerprint density at radius 2 is 1.93 bits per heavy atom. The Morgan fingerprint density at radius 1 is 1.38 bits per heavy atom.